The van der Waals surface area contributed by atoms with Crippen LogP contribution in [-0.4, -0.2) is 35.4 Å². The van der Waals surface area contributed by atoms with Crippen LogP contribution in [0.2, 0.25) is 0 Å². The number of aromatic carboxylic acids is 1. The molecule has 0 aliphatic heterocycles. The lowest BCUT2D eigenvalue weighted by Crippen LogP contribution is -2.03. The minimum Gasteiger partial charge on any atom is -0.476 e. The average molecular weight is 241 g/mol. The highest BCUT2D eigenvalue weighted by Crippen LogP contribution is 2.16. The van der Waals surface area contributed by atoms with Gasteiger partial charge in [-0.15, -0.1) is 0 Å². The van der Waals surface area contributed by atoms with Gasteiger partial charge in [0.2, 0.25) is 0 Å². The summed E-state index contributed by atoms with van der Waals surface area (Å²) in [5.41, 5.74) is 1.33. The number of carboxylic acids is 1. The van der Waals surface area contributed by atoms with Crippen LogP contribution < -0.4 is 0 Å². The first-order chi connectivity index (χ1) is 8.75. The van der Waals surface area contributed by atoms with E-state index in [-0.39, 0.29) is 11.3 Å². The van der Waals surface area contributed by atoms with E-state index < -0.39 is 5.97 Å². The molecule has 3 heterocycles. The van der Waals surface area contributed by atoms with E-state index >= 15 is 0 Å². The van der Waals surface area contributed by atoms with E-state index in [0.717, 1.165) is 0 Å². The van der Waals surface area contributed by atoms with Crippen LogP contribution in [0, 0.1) is 0 Å². The fraction of sp³-hybridized carbons (Fsp3) is 0. The monoisotopic (exact) mass is 241 g/mol. The van der Waals surface area contributed by atoms with E-state index in [9.17, 15) is 4.79 Å². The van der Waals surface area contributed by atoms with Gasteiger partial charge in [0.05, 0.1) is 6.20 Å². The summed E-state index contributed by atoms with van der Waals surface area (Å²) in [5.74, 6) is -1.11. The number of imidazole rings is 1. The molecule has 3 aromatic rings. The third kappa shape index (κ3) is 1.58. The lowest BCUT2D eigenvalue weighted by molar-refractivity contribution is 0.0692. The summed E-state index contributed by atoms with van der Waals surface area (Å²) in [6.45, 7) is 0. The molecule has 0 saturated heterocycles. The summed E-state index contributed by atoms with van der Waals surface area (Å²) in [6.07, 6.45) is 9.41. The van der Waals surface area contributed by atoms with E-state index in [1.54, 1.807) is 35.4 Å². The lowest BCUT2D eigenvalue weighted by atomic mass is 10.3. The minimum atomic E-state index is -1.11. The number of carbonyl (C=O) groups is 1. The highest BCUT2D eigenvalue weighted by Gasteiger charge is 2.14. The first-order valence-corrected chi connectivity index (χ1v) is 5.09. The molecule has 0 spiro atoms. The molecule has 0 unspecified atom stereocenters. The third-order valence-corrected chi connectivity index (χ3v) is 2.40. The molecule has 0 fully saturated rings. The molecule has 3 aromatic heterocycles. The molecule has 7 nitrogen and oxygen atoms in total. The maximum Gasteiger partial charge on any atom is 0.358 e. The van der Waals surface area contributed by atoms with Gasteiger partial charge in [0.15, 0.2) is 11.3 Å². The van der Waals surface area contributed by atoms with Crippen LogP contribution in [0.25, 0.3) is 17.0 Å². The predicted molar refractivity (Wildman–Crippen MR) is 61.0 cm³/mol. The van der Waals surface area contributed by atoms with E-state index in [1.165, 1.54) is 6.20 Å². The maximum absolute atomic E-state index is 11.0. The molecule has 0 saturated carbocycles. The second kappa shape index (κ2) is 3.88. The standard InChI is InChI=1S/C11H7N5O2/c17-11(18)9-10-15-8(6-16(10)4-3-14-9)7-5-12-1-2-13-7/h1-6H,(H,17,18). The number of aromatic nitrogens is 5. The Hall–Kier alpha value is -2.83. The second-order valence-corrected chi connectivity index (χ2v) is 3.53. The Labute approximate surface area is 101 Å². The van der Waals surface area contributed by atoms with Gasteiger partial charge in [-0.05, 0) is 0 Å². The first kappa shape index (κ1) is 10.3. The Balaban J connectivity index is 2.23. The Bertz CT molecular complexity index is 723. The van der Waals surface area contributed by atoms with Crippen LogP contribution in [0.15, 0.2) is 37.2 Å². The third-order valence-electron chi connectivity index (χ3n) is 2.40. The minimum absolute atomic E-state index is 0.0901. The molecule has 0 aliphatic rings. The zero-order valence-electron chi connectivity index (χ0n) is 9.06. The van der Waals surface area contributed by atoms with Gasteiger partial charge < -0.3 is 9.51 Å². The summed E-state index contributed by atoms with van der Waals surface area (Å²) in [5, 5.41) is 9.02. The lowest BCUT2D eigenvalue weighted by Gasteiger charge is -1.95. The van der Waals surface area contributed by atoms with Gasteiger partial charge in [0.25, 0.3) is 0 Å². The van der Waals surface area contributed by atoms with Crippen molar-refractivity contribution in [3.8, 4) is 11.4 Å². The average Bonchev–Trinajstić information content (AvgIpc) is 2.83. The van der Waals surface area contributed by atoms with Crippen LogP contribution in [0.4, 0.5) is 0 Å². The van der Waals surface area contributed by atoms with Gasteiger partial charge in [-0.3, -0.25) is 9.97 Å². The van der Waals surface area contributed by atoms with Crippen LogP contribution in [0.3, 0.4) is 0 Å². The van der Waals surface area contributed by atoms with Gasteiger partial charge in [0.1, 0.15) is 11.4 Å². The van der Waals surface area contributed by atoms with Gasteiger partial charge >= 0.3 is 5.97 Å². The van der Waals surface area contributed by atoms with E-state index in [4.69, 9.17) is 5.11 Å². The molecule has 3 rings (SSSR count). The topological polar surface area (TPSA) is 93.3 Å². The largest absolute Gasteiger partial charge is 0.476 e. The van der Waals surface area contributed by atoms with Crippen LogP contribution in [0.5, 0.6) is 0 Å². The summed E-state index contributed by atoms with van der Waals surface area (Å²) < 4.78 is 1.60. The summed E-state index contributed by atoms with van der Waals surface area (Å²) in [7, 11) is 0. The highest BCUT2D eigenvalue weighted by molar-refractivity contribution is 5.92. The Morgan fingerprint density at radius 1 is 1.17 bits per heavy atom. The SMILES string of the molecule is O=C(O)c1nccn2cc(-c3cnccn3)nc12. The van der Waals surface area contributed by atoms with Crippen molar-refractivity contribution in [2.75, 3.05) is 0 Å². The number of fused-ring (bicyclic) bond motifs is 1. The highest BCUT2D eigenvalue weighted by atomic mass is 16.4. The quantitative estimate of drug-likeness (QED) is 0.716. The molecule has 7 heteroatoms. The van der Waals surface area contributed by atoms with Crippen molar-refractivity contribution >= 4 is 11.6 Å². The van der Waals surface area contributed by atoms with Gasteiger partial charge in [-0.1, -0.05) is 0 Å². The molecule has 1 N–H and O–H groups in total. The van der Waals surface area contributed by atoms with Gasteiger partial charge in [-0.25, -0.2) is 14.8 Å². The fourth-order valence-electron chi connectivity index (χ4n) is 1.63. The maximum atomic E-state index is 11.0. The van der Waals surface area contributed by atoms with Crippen molar-refractivity contribution < 1.29 is 9.90 Å². The Kier molecular flexibility index (Phi) is 2.23. The molecule has 0 amide bonds. The molecule has 0 bridgehead atoms. The van der Waals surface area contributed by atoms with E-state index in [0.29, 0.717) is 11.4 Å². The second-order valence-electron chi connectivity index (χ2n) is 3.53. The van der Waals surface area contributed by atoms with Crippen molar-refractivity contribution in [3.63, 3.8) is 0 Å². The number of hydrogen-bond acceptors (Lipinski definition) is 5. The first-order valence-electron chi connectivity index (χ1n) is 5.09. The van der Waals surface area contributed by atoms with Crippen LogP contribution in [0.1, 0.15) is 10.5 Å². The molecular formula is C11H7N5O2. The smallest absolute Gasteiger partial charge is 0.358 e. The van der Waals surface area contributed by atoms with E-state index in [2.05, 4.69) is 19.9 Å². The molecule has 18 heavy (non-hydrogen) atoms. The molecule has 88 valence electrons. The van der Waals surface area contributed by atoms with Crippen LogP contribution in [-0.2, 0) is 0 Å². The number of hydrogen-bond donors (Lipinski definition) is 1. The Morgan fingerprint density at radius 3 is 2.78 bits per heavy atom. The van der Waals surface area contributed by atoms with Crippen molar-refractivity contribution in [1.82, 2.24) is 24.3 Å². The number of carboxylic acid groups (broad SMARTS) is 1. The van der Waals surface area contributed by atoms with E-state index in [1.807, 2.05) is 0 Å². The zero-order valence-corrected chi connectivity index (χ0v) is 9.06. The van der Waals surface area contributed by atoms with Crippen molar-refractivity contribution in [2.24, 2.45) is 0 Å². The summed E-state index contributed by atoms with van der Waals surface area (Å²) >= 11 is 0. The normalized spacial score (nSPS) is 10.7. The van der Waals surface area contributed by atoms with Gasteiger partial charge in [-0.2, -0.15) is 0 Å². The molecule has 0 radical (unpaired) electrons. The van der Waals surface area contributed by atoms with Crippen molar-refractivity contribution in [1.29, 1.82) is 0 Å². The zero-order chi connectivity index (χ0) is 12.5. The number of rotatable bonds is 2. The summed E-state index contributed by atoms with van der Waals surface area (Å²) in [6, 6.07) is 0. The Morgan fingerprint density at radius 2 is 2.06 bits per heavy atom. The molecule has 0 atom stereocenters. The van der Waals surface area contributed by atoms with Gasteiger partial charge in [0, 0.05) is 31.0 Å². The fourth-order valence-corrected chi connectivity index (χ4v) is 1.63. The molecular weight excluding hydrogens is 234 g/mol. The predicted octanol–water partition coefficient (Wildman–Crippen LogP) is 0.884. The van der Waals surface area contributed by atoms with Crippen molar-refractivity contribution in [2.45, 2.75) is 0 Å². The number of nitrogens with zero attached hydrogens (tertiary/aromatic N) is 5. The molecule has 0 aliphatic carbocycles. The molecule has 0 aromatic carbocycles. The summed E-state index contributed by atoms with van der Waals surface area (Å²) in [4.78, 5) is 27.1. The van der Waals surface area contributed by atoms with Crippen molar-refractivity contribution in [3.05, 3.63) is 42.9 Å². The van der Waals surface area contributed by atoms with Crippen LogP contribution >= 0.6 is 0 Å².